The first kappa shape index (κ1) is 27.9. The van der Waals surface area contributed by atoms with Crippen molar-refractivity contribution in [1.29, 1.82) is 0 Å². The summed E-state index contributed by atoms with van der Waals surface area (Å²) in [6.07, 6.45) is -0.471. The summed E-state index contributed by atoms with van der Waals surface area (Å²) in [5, 5.41) is 8.85. The molecule has 4 aromatic rings. The van der Waals surface area contributed by atoms with Gasteiger partial charge in [0.25, 0.3) is 0 Å². The van der Waals surface area contributed by atoms with Gasteiger partial charge in [0.15, 0.2) is 5.65 Å². The minimum Gasteiger partial charge on any atom is -0.457 e. The summed E-state index contributed by atoms with van der Waals surface area (Å²) in [6.45, 7) is 3.86. The van der Waals surface area contributed by atoms with Crippen LogP contribution in [0.3, 0.4) is 0 Å². The van der Waals surface area contributed by atoms with E-state index in [4.69, 9.17) is 15.6 Å². The lowest BCUT2D eigenvalue weighted by atomic mass is 10.0. The summed E-state index contributed by atoms with van der Waals surface area (Å²) in [5.41, 5.74) is 8.70. The van der Waals surface area contributed by atoms with Gasteiger partial charge in [0.2, 0.25) is 0 Å². The molecule has 0 bridgehead atoms. The van der Waals surface area contributed by atoms with Crippen LogP contribution in [-0.2, 0) is 0 Å². The molecule has 5 rings (SSSR count). The zero-order valence-corrected chi connectivity index (χ0v) is 22.3. The van der Waals surface area contributed by atoms with E-state index in [1.54, 1.807) is 0 Å². The third kappa shape index (κ3) is 7.08. The number of hydrogen-bond donors (Lipinski definition) is 2. The fourth-order valence-corrected chi connectivity index (χ4v) is 5.11. The van der Waals surface area contributed by atoms with Crippen LogP contribution in [0.15, 0.2) is 60.9 Å². The highest BCUT2D eigenvalue weighted by Gasteiger charge is 2.27. The fraction of sp³-hybridized carbons (Fsp3) is 0.414. The van der Waals surface area contributed by atoms with Crippen LogP contribution in [0.5, 0.6) is 11.5 Å². The van der Waals surface area contributed by atoms with E-state index < -0.39 is 12.6 Å². The lowest BCUT2D eigenvalue weighted by molar-refractivity contribution is -0.135. The Labute approximate surface area is 231 Å². The molecular formula is C29H34F3N7O. The van der Waals surface area contributed by atoms with E-state index in [1.165, 1.54) is 6.33 Å². The highest BCUT2D eigenvalue weighted by atomic mass is 19.4. The number of nitrogens with one attached hydrogen (secondary N) is 1. The molecule has 1 aliphatic heterocycles. The smallest absolute Gasteiger partial charge is 0.389 e. The maximum atomic E-state index is 12.2. The van der Waals surface area contributed by atoms with Crippen LogP contribution in [0.2, 0.25) is 0 Å². The van der Waals surface area contributed by atoms with Crippen molar-refractivity contribution >= 4 is 16.9 Å². The third-order valence-electron chi connectivity index (χ3n) is 7.17. The Hall–Kier alpha value is -3.70. The van der Waals surface area contributed by atoms with Crippen LogP contribution in [0.25, 0.3) is 22.3 Å². The number of nitrogens with two attached hydrogens (primary N) is 1. The van der Waals surface area contributed by atoms with Gasteiger partial charge in [-0.1, -0.05) is 18.2 Å². The number of rotatable bonds is 11. The molecule has 0 aliphatic carbocycles. The Bertz CT molecular complexity index is 1370. The fourth-order valence-electron chi connectivity index (χ4n) is 5.11. The molecule has 2 aromatic heterocycles. The molecule has 0 saturated carbocycles. The summed E-state index contributed by atoms with van der Waals surface area (Å²) in [7, 11) is 0. The lowest BCUT2D eigenvalue weighted by Crippen LogP contribution is -2.36. The van der Waals surface area contributed by atoms with Crippen LogP contribution in [0.4, 0.5) is 19.0 Å². The van der Waals surface area contributed by atoms with E-state index in [0.717, 1.165) is 79.2 Å². The van der Waals surface area contributed by atoms with Crippen molar-refractivity contribution in [2.24, 2.45) is 0 Å². The number of halogens is 3. The van der Waals surface area contributed by atoms with E-state index in [1.807, 2.05) is 59.3 Å². The van der Waals surface area contributed by atoms with Gasteiger partial charge in [0.05, 0.1) is 11.4 Å². The first-order valence-corrected chi connectivity index (χ1v) is 13.7. The van der Waals surface area contributed by atoms with Crippen LogP contribution in [-0.4, -0.2) is 63.5 Å². The molecule has 0 radical (unpaired) electrons. The van der Waals surface area contributed by atoms with Crippen LogP contribution < -0.4 is 15.8 Å². The molecule has 0 atom stereocenters. The number of nitrogen functional groups attached to an aromatic ring is 1. The summed E-state index contributed by atoms with van der Waals surface area (Å²) in [4.78, 5) is 11.2. The Morgan fingerprint density at radius 1 is 0.925 bits per heavy atom. The van der Waals surface area contributed by atoms with Crippen molar-refractivity contribution in [3.8, 4) is 22.8 Å². The maximum absolute atomic E-state index is 12.2. The number of aromatic nitrogens is 4. The SMILES string of the molecule is Nc1ncnc2c1c(-c1ccc(Oc3ccccc3)cc1)nn2C1CCN(CCCNCCCC(F)(F)F)CC1. The number of ether oxygens (including phenoxy) is 1. The molecule has 1 aliphatic rings. The van der Waals surface area contributed by atoms with Crippen molar-refractivity contribution in [2.75, 3.05) is 38.5 Å². The van der Waals surface area contributed by atoms with Crippen molar-refractivity contribution in [3.63, 3.8) is 0 Å². The molecule has 0 unspecified atom stereocenters. The van der Waals surface area contributed by atoms with Gasteiger partial charge in [0, 0.05) is 25.1 Å². The molecule has 11 heteroatoms. The summed E-state index contributed by atoms with van der Waals surface area (Å²) >= 11 is 0. The van der Waals surface area contributed by atoms with Crippen molar-refractivity contribution < 1.29 is 17.9 Å². The number of benzene rings is 2. The van der Waals surface area contributed by atoms with E-state index in [2.05, 4.69) is 20.2 Å². The zero-order valence-electron chi connectivity index (χ0n) is 22.3. The van der Waals surface area contributed by atoms with Gasteiger partial charge in [0.1, 0.15) is 29.3 Å². The standard InChI is InChI=1S/C29H34F3N7O/c30-29(31,32)14-4-15-34-16-5-17-38-18-12-22(13-19-38)39-28-25(27(33)35-20-36-28)26(37-39)21-8-10-24(11-9-21)40-23-6-2-1-3-7-23/h1-3,6-11,20,22,34H,4-5,12-19H2,(H2,33,35,36). The Kier molecular flexibility index (Phi) is 8.81. The predicted molar refractivity (Wildman–Crippen MR) is 149 cm³/mol. The number of fused-ring (bicyclic) bond motifs is 1. The average molecular weight is 554 g/mol. The van der Waals surface area contributed by atoms with Crippen molar-refractivity contribution in [2.45, 2.75) is 44.3 Å². The molecule has 2 aromatic carbocycles. The largest absolute Gasteiger partial charge is 0.457 e. The first-order valence-electron chi connectivity index (χ1n) is 13.7. The molecule has 212 valence electrons. The zero-order chi connectivity index (χ0) is 28.0. The van der Waals surface area contributed by atoms with Gasteiger partial charge in [-0.2, -0.15) is 18.3 Å². The number of likely N-dealkylation sites (tertiary alicyclic amines) is 1. The number of anilines is 1. The summed E-state index contributed by atoms with van der Waals surface area (Å²) < 4.78 is 44.7. The topological polar surface area (TPSA) is 94.1 Å². The number of piperidine rings is 1. The second-order valence-corrected chi connectivity index (χ2v) is 10.1. The van der Waals surface area contributed by atoms with Gasteiger partial charge in [-0.3, -0.25) is 0 Å². The predicted octanol–water partition coefficient (Wildman–Crippen LogP) is 5.83. The van der Waals surface area contributed by atoms with E-state index in [9.17, 15) is 13.2 Å². The van der Waals surface area contributed by atoms with Gasteiger partial charge in [-0.25, -0.2) is 14.6 Å². The van der Waals surface area contributed by atoms with E-state index in [-0.39, 0.29) is 12.5 Å². The second kappa shape index (κ2) is 12.6. The minimum atomic E-state index is -4.08. The monoisotopic (exact) mass is 553 g/mol. The van der Waals surface area contributed by atoms with Crippen LogP contribution in [0.1, 0.15) is 38.1 Å². The molecule has 0 spiro atoms. The third-order valence-corrected chi connectivity index (χ3v) is 7.17. The number of para-hydroxylation sites is 1. The van der Waals surface area contributed by atoms with E-state index in [0.29, 0.717) is 12.4 Å². The first-order chi connectivity index (χ1) is 19.4. The van der Waals surface area contributed by atoms with Crippen LogP contribution >= 0.6 is 0 Å². The molecule has 40 heavy (non-hydrogen) atoms. The number of nitrogens with zero attached hydrogens (tertiary/aromatic N) is 5. The highest BCUT2D eigenvalue weighted by molar-refractivity contribution is 5.98. The second-order valence-electron chi connectivity index (χ2n) is 10.1. The maximum Gasteiger partial charge on any atom is 0.389 e. The molecule has 1 saturated heterocycles. The lowest BCUT2D eigenvalue weighted by Gasteiger charge is -2.32. The van der Waals surface area contributed by atoms with Gasteiger partial charge >= 0.3 is 6.18 Å². The van der Waals surface area contributed by atoms with Crippen molar-refractivity contribution in [1.82, 2.24) is 30.0 Å². The minimum absolute atomic E-state index is 0.119. The molecule has 3 heterocycles. The van der Waals surface area contributed by atoms with Crippen LogP contribution in [0, 0.1) is 0 Å². The normalized spacial score (nSPS) is 15.1. The average Bonchev–Trinajstić information content (AvgIpc) is 3.34. The molecule has 0 amide bonds. The molecule has 3 N–H and O–H groups in total. The quantitative estimate of drug-likeness (QED) is 0.226. The number of alkyl halides is 3. The molecule has 1 fully saturated rings. The van der Waals surface area contributed by atoms with Gasteiger partial charge in [-0.05, 0) is 81.7 Å². The number of hydrogen-bond acceptors (Lipinski definition) is 7. The van der Waals surface area contributed by atoms with Gasteiger partial charge < -0.3 is 20.7 Å². The Morgan fingerprint density at radius 2 is 1.62 bits per heavy atom. The molecular weight excluding hydrogens is 519 g/mol. The Morgan fingerprint density at radius 3 is 2.35 bits per heavy atom. The molecule has 8 nitrogen and oxygen atoms in total. The van der Waals surface area contributed by atoms with Crippen molar-refractivity contribution in [3.05, 3.63) is 60.9 Å². The summed E-state index contributed by atoms with van der Waals surface area (Å²) in [6, 6.07) is 17.6. The summed E-state index contributed by atoms with van der Waals surface area (Å²) in [5.74, 6) is 1.90. The highest BCUT2D eigenvalue weighted by Crippen LogP contribution is 2.35. The van der Waals surface area contributed by atoms with Gasteiger partial charge in [-0.15, -0.1) is 0 Å². The Balaban J connectivity index is 1.20. The van der Waals surface area contributed by atoms with E-state index >= 15 is 0 Å².